The van der Waals surface area contributed by atoms with Gasteiger partial charge in [0.2, 0.25) is 0 Å². The number of imidazole rings is 1. The molecule has 10 rings (SSSR count). The topological polar surface area (TPSA) is 50.9 Å². The predicted octanol–water partition coefficient (Wildman–Crippen LogP) is 18.9. The lowest BCUT2D eigenvalue weighted by Crippen LogP contribution is -2.17. The maximum atomic E-state index is 13.2. The summed E-state index contributed by atoms with van der Waals surface area (Å²) in [5, 5.41) is 13.2. The van der Waals surface area contributed by atoms with Crippen molar-refractivity contribution in [3.05, 3.63) is 216 Å². The van der Waals surface area contributed by atoms with E-state index in [1.54, 1.807) is 44.3 Å². The van der Waals surface area contributed by atoms with E-state index in [1.807, 2.05) is 141 Å². The third-order valence-electron chi connectivity index (χ3n) is 13.4. The Morgan fingerprint density at radius 1 is 0.507 bits per heavy atom. The Morgan fingerprint density at radius 3 is 1.78 bits per heavy atom. The zero-order chi connectivity index (χ0) is 69.8. The summed E-state index contributed by atoms with van der Waals surface area (Å²) in [6, 6.07) is 52.2. The van der Waals surface area contributed by atoms with Crippen molar-refractivity contribution in [2.75, 3.05) is 0 Å². The van der Waals surface area contributed by atoms with Crippen molar-refractivity contribution in [1.82, 2.24) is 14.5 Å². The Hall–Kier alpha value is -7.82. The first kappa shape index (κ1) is 29.0. The fraction of sp³-hybridized carbons (Fsp3) is 0.217. The molecule has 0 amide bonds. The van der Waals surface area contributed by atoms with Gasteiger partial charge in [-0.3, -0.25) is 9.55 Å². The summed E-state index contributed by atoms with van der Waals surface area (Å²) in [7, 11) is 0. The lowest BCUT2D eigenvalue weighted by atomic mass is 9.79. The average Bonchev–Trinajstić information content (AvgIpc) is 0.848. The molecule has 0 aliphatic rings. The van der Waals surface area contributed by atoms with Gasteiger partial charge in [-0.15, -0.1) is 0 Å². The third kappa shape index (κ3) is 9.79. The van der Waals surface area contributed by atoms with Gasteiger partial charge in [-0.2, -0.15) is 0 Å². The number of phenolic OH excluding ortho intramolecular Hbond substituents is 1. The molecule has 4 nitrogen and oxygen atoms in total. The molecule has 1 N–H and O–H groups in total. The smallest absolute Gasteiger partial charge is 0.149 e. The number of aryl methyl sites for hydroxylation is 1. The molecule has 0 unspecified atom stereocenters. The third-order valence-corrected chi connectivity index (χ3v) is 13.4. The van der Waals surface area contributed by atoms with Crippen LogP contribution in [0.5, 0.6) is 5.75 Å². The van der Waals surface area contributed by atoms with E-state index in [0.717, 1.165) is 33.4 Å². The first-order valence-electron chi connectivity index (χ1n) is 35.0. The van der Waals surface area contributed by atoms with Crippen LogP contribution < -0.4 is 0 Å². The number of rotatable bonds is 10. The van der Waals surface area contributed by atoms with Gasteiger partial charge in [-0.25, -0.2) is 4.98 Å². The van der Waals surface area contributed by atoms with Crippen molar-refractivity contribution in [2.24, 2.45) is 0 Å². The molecular formula is C69H67N3O. The van der Waals surface area contributed by atoms with Crippen molar-refractivity contribution in [1.29, 1.82) is 0 Å². The monoisotopic (exact) mass is 976 g/mol. The van der Waals surface area contributed by atoms with Crippen LogP contribution in [0, 0.1) is 6.85 Å². The minimum Gasteiger partial charge on any atom is -0.507 e. The summed E-state index contributed by atoms with van der Waals surface area (Å²) in [5.74, 6) is -3.35. The van der Waals surface area contributed by atoms with Gasteiger partial charge in [0, 0.05) is 53.0 Å². The highest BCUT2D eigenvalue weighted by Crippen LogP contribution is 2.46. The second kappa shape index (κ2) is 19.3. The summed E-state index contributed by atoms with van der Waals surface area (Å²) < 4.78 is 197. The van der Waals surface area contributed by atoms with Crippen LogP contribution in [-0.2, 0) is 10.8 Å². The molecule has 73 heavy (non-hydrogen) atoms. The molecular weight excluding hydrogens is 887 g/mol. The number of phenols is 1. The molecule has 0 aliphatic heterocycles. The van der Waals surface area contributed by atoms with E-state index in [1.165, 1.54) is 22.8 Å². The maximum absolute atomic E-state index is 13.2. The van der Waals surface area contributed by atoms with Crippen LogP contribution in [0.1, 0.15) is 139 Å². The molecule has 8 aromatic carbocycles. The quantitative estimate of drug-likeness (QED) is 0.149. The van der Waals surface area contributed by atoms with Crippen molar-refractivity contribution >= 4 is 11.0 Å². The molecule has 0 saturated heterocycles. The molecule has 364 valence electrons. The number of pyridine rings is 1. The van der Waals surface area contributed by atoms with E-state index in [-0.39, 0.29) is 34.3 Å². The first-order valence-corrected chi connectivity index (χ1v) is 24.0. The minimum atomic E-state index is -4.26. The maximum Gasteiger partial charge on any atom is 0.149 e. The SMILES string of the molecule is [2H]C([2H])([2H])c1cc(-c2cc(C(C)C)cc(C([2H])(C)C)c2)ccc1-n1c(-c2cc(C(C([2H])([2H])[2H])(C([2H])([2H])[2H])C([2H])([2H])[2H])cc(C(C([2H])([2H])[2H])(C([2H])([2H])[2H])C([2H])([2H])[2H])c2O)nc2c(-c3cc(-c4ccccc4)cc(-c4cc(-c5ccc(-c6ccccc6)cc5)ccn4)c3)cccc21. The molecule has 10 aromatic rings. The van der Waals surface area contributed by atoms with Gasteiger partial charge in [-0.1, -0.05) is 196 Å². The summed E-state index contributed by atoms with van der Waals surface area (Å²) >= 11 is 0. The fourth-order valence-corrected chi connectivity index (χ4v) is 9.40. The first-order chi connectivity index (χ1) is 43.9. The summed E-state index contributed by atoms with van der Waals surface area (Å²) in [6.45, 7) is -20.9. The van der Waals surface area contributed by atoms with Crippen LogP contribution >= 0.6 is 0 Å². The largest absolute Gasteiger partial charge is 0.507 e. The summed E-state index contributed by atoms with van der Waals surface area (Å²) in [4.78, 5) is 9.96. The van der Waals surface area contributed by atoms with E-state index in [9.17, 15) is 9.22 Å². The molecule has 0 radical (unpaired) electrons. The number of hydrogen-bond donors (Lipinski definition) is 1. The van der Waals surface area contributed by atoms with Gasteiger partial charge in [0.05, 0.1) is 28.0 Å². The fourth-order valence-electron chi connectivity index (χ4n) is 9.40. The van der Waals surface area contributed by atoms with E-state index in [2.05, 4.69) is 0 Å². The number of aromatic nitrogens is 3. The summed E-state index contributed by atoms with van der Waals surface area (Å²) in [6.07, 6.45) is 1.68. The summed E-state index contributed by atoms with van der Waals surface area (Å²) in [5.41, 5.74) is -3.58. The van der Waals surface area contributed by atoms with Crippen LogP contribution in [0.2, 0.25) is 0 Å². The Labute approximate surface area is 464 Å². The number of fused-ring (bicyclic) bond motifs is 1. The normalized spacial score (nSPS) is 17.9. The highest BCUT2D eigenvalue weighted by molar-refractivity contribution is 5.98. The van der Waals surface area contributed by atoms with E-state index in [0.29, 0.717) is 45.1 Å². The van der Waals surface area contributed by atoms with Gasteiger partial charge in [-0.05, 0) is 156 Å². The van der Waals surface area contributed by atoms with Crippen LogP contribution in [-0.4, -0.2) is 19.6 Å². The molecule has 0 spiro atoms. The number of benzene rings is 8. The predicted molar refractivity (Wildman–Crippen MR) is 309 cm³/mol. The van der Waals surface area contributed by atoms with Gasteiger partial charge >= 0.3 is 0 Å². The number of nitrogens with zero attached hydrogens (tertiary/aromatic N) is 3. The molecule has 2 heterocycles. The van der Waals surface area contributed by atoms with E-state index in [4.69, 9.17) is 36.0 Å². The molecule has 2 aromatic heterocycles. The van der Waals surface area contributed by atoms with Crippen molar-refractivity contribution in [3.8, 4) is 89.7 Å². The lowest BCUT2D eigenvalue weighted by Gasteiger charge is -2.27. The second-order valence-corrected chi connectivity index (χ2v) is 19.1. The Bertz CT molecular complexity index is 4440. The zero-order valence-corrected chi connectivity index (χ0v) is 40.8. The number of para-hydroxylation sites is 1. The zero-order valence-electron chi connectivity index (χ0n) is 62.8. The van der Waals surface area contributed by atoms with E-state index < -0.39 is 98.5 Å². The molecule has 0 saturated carbocycles. The van der Waals surface area contributed by atoms with Gasteiger partial charge in [0.25, 0.3) is 0 Å². The number of aromatic hydroxyl groups is 1. The van der Waals surface area contributed by atoms with Gasteiger partial charge < -0.3 is 5.11 Å². The molecule has 4 heteroatoms. The highest BCUT2D eigenvalue weighted by atomic mass is 16.3. The van der Waals surface area contributed by atoms with Crippen molar-refractivity contribution in [2.45, 2.75) is 98.3 Å². The second-order valence-electron chi connectivity index (χ2n) is 19.1. The molecule has 0 aliphatic carbocycles. The average molecular weight is 976 g/mol. The van der Waals surface area contributed by atoms with Crippen LogP contribution in [0.3, 0.4) is 0 Å². The Balaban J connectivity index is 1.36. The Kier molecular flexibility index (Phi) is 7.68. The van der Waals surface area contributed by atoms with Crippen molar-refractivity contribution in [3.63, 3.8) is 0 Å². The highest BCUT2D eigenvalue weighted by Gasteiger charge is 2.29. The van der Waals surface area contributed by atoms with Crippen LogP contribution in [0.15, 0.2) is 188 Å². The van der Waals surface area contributed by atoms with Gasteiger partial charge in [0.1, 0.15) is 11.6 Å². The van der Waals surface area contributed by atoms with E-state index >= 15 is 0 Å². The molecule has 0 fully saturated rings. The van der Waals surface area contributed by atoms with Crippen molar-refractivity contribution < 1.29 is 35.3 Å². The molecule has 0 atom stereocenters. The van der Waals surface area contributed by atoms with Crippen LogP contribution in [0.4, 0.5) is 0 Å². The van der Waals surface area contributed by atoms with Crippen LogP contribution in [0.25, 0.3) is 95.0 Å². The number of hydrogen-bond acceptors (Lipinski definition) is 3. The molecule has 0 bridgehead atoms. The van der Waals surface area contributed by atoms with Gasteiger partial charge in [0.15, 0.2) is 0 Å². The standard InChI is InChI=1S/C69H67N3O/c1-43(2)52-34-53(44(3)4)36-55(35-52)50-29-30-63(45(5)33-50)72-64-24-18-23-59(65(64)71-67(72)60-41-58(68(6,7)8)42-61(66(60)73)69(9,10)11)56-37-54(47-21-16-13-17-22-47)38-57(39-56)62-40-51(31-32-70-62)49-27-25-48(26-28-49)46-19-14-12-15-20-46/h12-44,73H,1-11H3/i5D3,6D3,7D3,8D3,9D3,10D3,11D3,43D. The lowest BCUT2D eigenvalue weighted by molar-refractivity contribution is 0.446. The minimum absolute atomic E-state index is 0.00958. The Morgan fingerprint density at radius 2 is 1.11 bits per heavy atom.